The van der Waals surface area contributed by atoms with Crippen LogP contribution in [-0.4, -0.2) is 49.2 Å². The molecule has 1 amide bonds. The normalized spacial score (nSPS) is 25.6. The quantitative estimate of drug-likeness (QED) is 0.818. The molecule has 1 aromatic carbocycles. The molecule has 2 atom stereocenters. The minimum absolute atomic E-state index is 0. The van der Waals surface area contributed by atoms with Gasteiger partial charge in [0.05, 0.1) is 25.3 Å². The van der Waals surface area contributed by atoms with Gasteiger partial charge in [-0.3, -0.25) is 4.79 Å². The highest BCUT2D eigenvalue weighted by atomic mass is 35.5. The summed E-state index contributed by atoms with van der Waals surface area (Å²) in [6.07, 6.45) is 6.93. The van der Waals surface area contributed by atoms with Gasteiger partial charge in [-0.05, 0) is 43.4 Å². The van der Waals surface area contributed by atoms with Crippen molar-refractivity contribution >= 4 is 29.7 Å². The molecule has 4 rings (SSSR count). The third-order valence-corrected chi connectivity index (χ3v) is 5.76. The summed E-state index contributed by atoms with van der Waals surface area (Å²) in [4.78, 5) is 17.3. The van der Waals surface area contributed by atoms with Gasteiger partial charge in [0.15, 0.2) is 0 Å². The maximum absolute atomic E-state index is 13.0. The van der Waals surface area contributed by atoms with Gasteiger partial charge in [0.1, 0.15) is 0 Å². The summed E-state index contributed by atoms with van der Waals surface area (Å²) in [6, 6.07) is 6.33. The lowest BCUT2D eigenvalue weighted by molar-refractivity contribution is -0.148. The summed E-state index contributed by atoms with van der Waals surface area (Å²) in [5, 5.41) is 0. The van der Waals surface area contributed by atoms with Gasteiger partial charge in [0, 0.05) is 24.5 Å². The fourth-order valence-corrected chi connectivity index (χ4v) is 4.55. The second-order valence-electron chi connectivity index (χ2n) is 7.22. The van der Waals surface area contributed by atoms with Crippen LogP contribution in [0.1, 0.15) is 37.7 Å². The first kappa shape index (κ1) is 18.3. The fraction of sp³-hybridized carbons (Fsp3) is 0.632. The van der Waals surface area contributed by atoms with E-state index in [2.05, 4.69) is 15.9 Å². The van der Waals surface area contributed by atoms with Gasteiger partial charge in [-0.1, -0.05) is 18.9 Å². The average Bonchev–Trinajstić information content (AvgIpc) is 2.62. The Bertz CT molecular complexity index is 623. The molecule has 1 aromatic rings. The molecule has 6 heteroatoms. The van der Waals surface area contributed by atoms with E-state index in [1.54, 1.807) is 0 Å². The molecule has 1 saturated carbocycles. The zero-order valence-electron chi connectivity index (χ0n) is 14.7. The molecule has 2 heterocycles. The molecule has 5 nitrogen and oxygen atoms in total. The number of carbonyl (C=O) groups is 1. The molecule has 2 unspecified atom stereocenters. The zero-order valence-corrected chi connectivity index (χ0v) is 15.5. The average molecular weight is 366 g/mol. The minimum atomic E-state index is 0. The molecule has 0 radical (unpaired) electrons. The summed E-state index contributed by atoms with van der Waals surface area (Å²) in [5.74, 6) is 0.241. The lowest BCUT2D eigenvalue weighted by atomic mass is 9.90. The Morgan fingerprint density at radius 3 is 2.92 bits per heavy atom. The molecule has 2 N–H and O–H groups in total. The number of nitrogens with two attached hydrogens (primary N) is 1. The smallest absolute Gasteiger partial charge is 0.242 e. The van der Waals surface area contributed by atoms with Crippen LogP contribution < -0.4 is 10.6 Å². The second-order valence-corrected chi connectivity index (χ2v) is 7.22. The van der Waals surface area contributed by atoms with Crippen LogP contribution in [0.2, 0.25) is 0 Å². The van der Waals surface area contributed by atoms with Crippen LogP contribution in [0.4, 0.5) is 11.4 Å². The predicted molar refractivity (Wildman–Crippen MR) is 102 cm³/mol. The minimum Gasteiger partial charge on any atom is -0.398 e. The van der Waals surface area contributed by atoms with E-state index in [4.69, 9.17) is 10.5 Å². The second kappa shape index (κ2) is 7.83. The first-order valence-corrected chi connectivity index (χ1v) is 9.27. The Labute approximate surface area is 155 Å². The van der Waals surface area contributed by atoms with E-state index in [-0.39, 0.29) is 30.5 Å². The number of hydrogen-bond acceptors (Lipinski definition) is 4. The maximum atomic E-state index is 13.0. The summed E-state index contributed by atoms with van der Waals surface area (Å²) in [5.41, 5.74) is 9.32. The number of hydrogen-bond donors (Lipinski definition) is 1. The predicted octanol–water partition coefficient (Wildman–Crippen LogP) is 2.61. The van der Waals surface area contributed by atoms with E-state index in [0.717, 1.165) is 50.1 Å². The van der Waals surface area contributed by atoms with Crippen LogP contribution in [-0.2, 0) is 16.0 Å². The largest absolute Gasteiger partial charge is 0.398 e. The highest BCUT2D eigenvalue weighted by Crippen LogP contribution is 2.32. The number of anilines is 2. The summed E-state index contributed by atoms with van der Waals surface area (Å²) in [7, 11) is 0. The molecule has 1 aliphatic carbocycles. The number of rotatable bonds is 2. The topological polar surface area (TPSA) is 58.8 Å². The van der Waals surface area contributed by atoms with Gasteiger partial charge < -0.3 is 20.3 Å². The van der Waals surface area contributed by atoms with Crippen LogP contribution in [0.3, 0.4) is 0 Å². The lowest BCUT2D eigenvalue weighted by Crippen LogP contribution is -2.57. The first-order chi connectivity index (χ1) is 11.7. The van der Waals surface area contributed by atoms with Gasteiger partial charge >= 0.3 is 0 Å². The van der Waals surface area contributed by atoms with Gasteiger partial charge in [-0.2, -0.15) is 0 Å². The van der Waals surface area contributed by atoms with E-state index in [9.17, 15) is 4.79 Å². The monoisotopic (exact) mass is 365 g/mol. The zero-order chi connectivity index (χ0) is 16.5. The van der Waals surface area contributed by atoms with Crippen molar-refractivity contribution in [1.29, 1.82) is 0 Å². The Morgan fingerprint density at radius 1 is 1.20 bits per heavy atom. The number of nitrogen functional groups attached to an aromatic ring is 1. The molecule has 0 aromatic heterocycles. The van der Waals surface area contributed by atoms with Crippen molar-refractivity contribution in [2.45, 2.75) is 50.7 Å². The van der Waals surface area contributed by atoms with Gasteiger partial charge in [-0.25, -0.2) is 0 Å². The molecule has 3 aliphatic rings. The van der Waals surface area contributed by atoms with Crippen LogP contribution in [0.25, 0.3) is 0 Å². The van der Waals surface area contributed by atoms with Crippen molar-refractivity contribution in [2.24, 2.45) is 0 Å². The Morgan fingerprint density at radius 2 is 2.04 bits per heavy atom. The molecular weight excluding hydrogens is 338 g/mol. The van der Waals surface area contributed by atoms with Crippen LogP contribution in [0.15, 0.2) is 18.2 Å². The number of carbonyl (C=O) groups excluding carboxylic acids is 1. The van der Waals surface area contributed by atoms with E-state index < -0.39 is 0 Å². The maximum Gasteiger partial charge on any atom is 0.242 e. The van der Waals surface area contributed by atoms with Gasteiger partial charge in [0.25, 0.3) is 0 Å². The van der Waals surface area contributed by atoms with Crippen molar-refractivity contribution in [1.82, 2.24) is 4.90 Å². The number of amides is 1. The number of morpholine rings is 1. The molecule has 1 saturated heterocycles. The van der Waals surface area contributed by atoms with E-state index >= 15 is 0 Å². The summed E-state index contributed by atoms with van der Waals surface area (Å²) < 4.78 is 5.90. The molecule has 25 heavy (non-hydrogen) atoms. The molecule has 138 valence electrons. The van der Waals surface area contributed by atoms with Gasteiger partial charge in [0.2, 0.25) is 5.91 Å². The van der Waals surface area contributed by atoms with Crippen molar-refractivity contribution in [3.8, 4) is 0 Å². The molecule has 0 bridgehead atoms. The number of ether oxygens (including phenoxy) is 1. The van der Waals surface area contributed by atoms with Crippen LogP contribution in [0.5, 0.6) is 0 Å². The van der Waals surface area contributed by atoms with E-state index in [1.807, 2.05) is 12.1 Å². The first-order valence-electron chi connectivity index (χ1n) is 9.27. The van der Waals surface area contributed by atoms with Crippen molar-refractivity contribution in [2.75, 3.05) is 36.9 Å². The lowest BCUT2D eigenvalue weighted by Gasteiger charge is -2.44. The highest BCUT2D eigenvalue weighted by molar-refractivity contribution is 5.85. The number of nitrogens with zero attached hydrogens (tertiary/aromatic N) is 2. The number of benzene rings is 1. The highest BCUT2D eigenvalue weighted by Gasteiger charge is 2.37. The third kappa shape index (κ3) is 3.58. The van der Waals surface area contributed by atoms with Crippen molar-refractivity contribution in [3.05, 3.63) is 23.8 Å². The van der Waals surface area contributed by atoms with Crippen LogP contribution in [0, 0.1) is 0 Å². The molecule has 2 fully saturated rings. The van der Waals surface area contributed by atoms with Crippen LogP contribution >= 0.6 is 12.4 Å². The Kier molecular flexibility index (Phi) is 5.74. The van der Waals surface area contributed by atoms with E-state index in [0.29, 0.717) is 13.2 Å². The Balaban J connectivity index is 0.00000182. The van der Waals surface area contributed by atoms with E-state index in [1.165, 1.54) is 18.4 Å². The van der Waals surface area contributed by atoms with Gasteiger partial charge in [-0.15, -0.1) is 12.4 Å². The fourth-order valence-electron chi connectivity index (χ4n) is 4.55. The summed E-state index contributed by atoms with van der Waals surface area (Å²) >= 11 is 0. The standard InChI is InChI=1S/C19H27N3O2.ClH/c20-15-6-3-8-16-14(15)5-4-10-21(16)13-19(23)22-11-12-24-18-9-2-1-7-17(18)22;/h3,6,8,17-18H,1-2,4-5,7,9-13,20H2;1H. The Hall–Kier alpha value is -1.46. The molecule has 0 spiro atoms. The molecule has 2 aliphatic heterocycles. The SMILES string of the molecule is Cl.Nc1cccc2c1CCCN2CC(=O)N1CCOC2CCCCC21. The third-order valence-electron chi connectivity index (χ3n) is 5.76. The number of fused-ring (bicyclic) bond motifs is 2. The summed E-state index contributed by atoms with van der Waals surface area (Å²) in [6.45, 7) is 2.80. The number of halogens is 1. The van der Waals surface area contributed by atoms with Crippen molar-refractivity contribution in [3.63, 3.8) is 0 Å². The van der Waals surface area contributed by atoms with Crippen molar-refractivity contribution < 1.29 is 9.53 Å². The molecular formula is C19H28ClN3O2.